The number of guanidine groups is 1. The minimum Gasteiger partial charge on any atom is -0.383 e. The van der Waals surface area contributed by atoms with E-state index in [0.717, 1.165) is 11.1 Å². The van der Waals surface area contributed by atoms with Crippen molar-refractivity contribution in [3.05, 3.63) is 64.7 Å². The van der Waals surface area contributed by atoms with Crippen molar-refractivity contribution in [2.24, 2.45) is 4.99 Å². The van der Waals surface area contributed by atoms with Gasteiger partial charge in [-0.15, -0.1) is 24.0 Å². The summed E-state index contributed by atoms with van der Waals surface area (Å²) in [7, 11) is -0.379. The Bertz CT molecular complexity index is 941. The van der Waals surface area contributed by atoms with Crippen molar-refractivity contribution in [3.8, 4) is 0 Å². The molecule has 2 aromatic carbocycles. The molecule has 0 amide bonds. The van der Waals surface area contributed by atoms with Gasteiger partial charge in [0.15, 0.2) is 5.96 Å². The molecule has 0 aromatic heterocycles. The van der Waals surface area contributed by atoms with Crippen molar-refractivity contribution in [1.29, 1.82) is 0 Å². The van der Waals surface area contributed by atoms with Gasteiger partial charge in [0.05, 0.1) is 17.5 Å². The third-order valence-corrected chi connectivity index (χ3v) is 6.02. The quantitative estimate of drug-likeness (QED) is 0.188. The first-order valence-electron chi connectivity index (χ1n) is 9.16. The van der Waals surface area contributed by atoms with Crippen molar-refractivity contribution in [2.45, 2.75) is 24.4 Å². The molecule has 0 aliphatic rings. The zero-order chi connectivity index (χ0) is 21.3. The third-order valence-electron chi connectivity index (χ3n) is 4.22. The molecule has 2 rings (SSSR count). The lowest BCUT2D eigenvalue weighted by Gasteiger charge is -2.19. The van der Waals surface area contributed by atoms with E-state index >= 15 is 0 Å². The molecule has 0 bridgehead atoms. The molecule has 10 heteroatoms. The molecule has 166 valence electrons. The molecule has 0 heterocycles. The van der Waals surface area contributed by atoms with Crippen LogP contribution >= 0.6 is 35.6 Å². The van der Waals surface area contributed by atoms with Gasteiger partial charge in [-0.2, -0.15) is 0 Å². The van der Waals surface area contributed by atoms with E-state index < -0.39 is 10.0 Å². The molecule has 0 spiro atoms. The Morgan fingerprint density at radius 3 is 2.60 bits per heavy atom. The third kappa shape index (κ3) is 8.03. The second kappa shape index (κ2) is 13.1. The first-order valence-corrected chi connectivity index (χ1v) is 11.0. The van der Waals surface area contributed by atoms with Crippen LogP contribution in [0.5, 0.6) is 0 Å². The first-order chi connectivity index (χ1) is 13.9. The van der Waals surface area contributed by atoms with Crippen LogP contribution in [0.1, 0.15) is 24.1 Å². The number of hydrogen-bond donors (Lipinski definition) is 3. The SMILES string of the molecule is CN=C(NCc1cccc(S(=O)(=O)NCCOC)c1)NC(C)c1ccccc1Cl.I. The maximum absolute atomic E-state index is 12.4. The summed E-state index contributed by atoms with van der Waals surface area (Å²) in [5, 5.41) is 7.16. The molecule has 0 saturated carbocycles. The largest absolute Gasteiger partial charge is 0.383 e. The lowest BCUT2D eigenvalue weighted by Crippen LogP contribution is -2.38. The number of methoxy groups -OCH3 is 1. The average Bonchev–Trinajstić information content (AvgIpc) is 2.71. The number of benzene rings is 2. The molecule has 1 unspecified atom stereocenters. The molecule has 2 aromatic rings. The smallest absolute Gasteiger partial charge is 0.240 e. The van der Waals surface area contributed by atoms with E-state index in [0.29, 0.717) is 24.1 Å². The van der Waals surface area contributed by atoms with Crippen LogP contribution in [0.2, 0.25) is 5.02 Å². The van der Waals surface area contributed by atoms with Crippen molar-refractivity contribution in [3.63, 3.8) is 0 Å². The number of aliphatic imine (C=N–C) groups is 1. The fourth-order valence-electron chi connectivity index (χ4n) is 2.67. The maximum Gasteiger partial charge on any atom is 0.240 e. The molecular weight excluding hydrogens is 539 g/mol. The van der Waals surface area contributed by atoms with Gasteiger partial charge in [-0.25, -0.2) is 13.1 Å². The van der Waals surface area contributed by atoms with Gasteiger partial charge >= 0.3 is 0 Å². The highest BCUT2D eigenvalue weighted by Gasteiger charge is 2.14. The van der Waals surface area contributed by atoms with Crippen LogP contribution in [0, 0.1) is 0 Å². The van der Waals surface area contributed by atoms with Crippen LogP contribution in [0.3, 0.4) is 0 Å². The second-order valence-corrected chi connectivity index (χ2v) is 8.53. The van der Waals surface area contributed by atoms with E-state index in [4.69, 9.17) is 16.3 Å². The molecule has 1 atom stereocenters. The van der Waals surface area contributed by atoms with Gasteiger partial charge < -0.3 is 15.4 Å². The number of ether oxygens (including phenoxy) is 1. The fourth-order valence-corrected chi connectivity index (χ4v) is 4.06. The Kier molecular flexibility index (Phi) is 11.6. The van der Waals surface area contributed by atoms with E-state index in [1.54, 1.807) is 25.2 Å². The zero-order valence-corrected chi connectivity index (χ0v) is 21.1. The van der Waals surface area contributed by atoms with Crippen LogP contribution in [-0.4, -0.2) is 41.7 Å². The van der Waals surface area contributed by atoms with Crippen molar-refractivity contribution in [1.82, 2.24) is 15.4 Å². The zero-order valence-electron chi connectivity index (χ0n) is 17.2. The summed E-state index contributed by atoms with van der Waals surface area (Å²) in [5.74, 6) is 0.587. The Morgan fingerprint density at radius 1 is 1.20 bits per heavy atom. The number of halogens is 2. The average molecular weight is 567 g/mol. The van der Waals surface area contributed by atoms with Gasteiger partial charge in [0, 0.05) is 32.3 Å². The normalized spacial score (nSPS) is 12.7. The van der Waals surface area contributed by atoms with Crippen LogP contribution in [0.15, 0.2) is 58.4 Å². The van der Waals surface area contributed by atoms with Gasteiger partial charge in [-0.3, -0.25) is 4.99 Å². The Hall–Kier alpha value is -1.40. The molecule has 0 fully saturated rings. The molecule has 3 N–H and O–H groups in total. The highest BCUT2D eigenvalue weighted by atomic mass is 127. The number of hydrogen-bond acceptors (Lipinski definition) is 4. The maximum atomic E-state index is 12.4. The predicted octanol–water partition coefficient (Wildman–Crippen LogP) is 3.31. The summed E-state index contributed by atoms with van der Waals surface area (Å²) in [6.45, 7) is 2.94. The van der Waals surface area contributed by atoms with Crippen molar-refractivity contribution >= 4 is 51.6 Å². The molecular formula is C20H28ClIN4O3S. The van der Waals surface area contributed by atoms with Gasteiger partial charge in [0.25, 0.3) is 0 Å². The number of nitrogens with one attached hydrogen (secondary N) is 3. The molecule has 0 radical (unpaired) electrons. The molecule has 0 aliphatic heterocycles. The minimum atomic E-state index is -3.58. The number of sulfonamides is 1. The van der Waals surface area contributed by atoms with Crippen molar-refractivity contribution < 1.29 is 13.2 Å². The summed E-state index contributed by atoms with van der Waals surface area (Å²) in [4.78, 5) is 4.43. The van der Waals surface area contributed by atoms with Crippen LogP contribution in [-0.2, 0) is 21.3 Å². The lowest BCUT2D eigenvalue weighted by molar-refractivity contribution is 0.204. The Balaban J connectivity index is 0.00000450. The summed E-state index contributed by atoms with van der Waals surface area (Å²) in [5.41, 5.74) is 1.78. The highest BCUT2D eigenvalue weighted by Crippen LogP contribution is 2.22. The van der Waals surface area contributed by atoms with Crippen LogP contribution in [0.4, 0.5) is 0 Å². The number of rotatable bonds is 9. The fraction of sp³-hybridized carbons (Fsp3) is 0.350. The highest BCUT2D eigenvalue weighted by molar-refractivity contribution is 14.0. The Morgan fingerprint density at radius 2 is 1.93 bits per heavy atom. The summed E-state index contributed by atoms with van der Waals surface area (Å²) in [6.07, 6.45) is 0. The molecule has 0 aliphatic carbocycles. The van der Waals surface area contributed by atoms with E-state index in [1.165, 1.54) is 7.11 Å². The standard InChI is InChI=1S/C20H27ClN4O3S.HI/c1-15(18-9-4-5-10-19(18)21)25-20(22-2)23-14-16-7-6-8-17(13-16)29(26,27)24-11-12-28-3;/h4-10,13,15,24H,11-12,14H2,1-3H3,(H2,22,23,25);1H. The van der Waals surface area contributed by atoms with E-state index in [-0.39, 0.29) is 41.5 Å². The molecule has 30 heavy (non-hydrogen) atoms. The van der Waals surface area contributed by atoms with Gasteiger partial charge in [-0.1, -0.05) is 41.9 Å². The number of nitrogens with zero attached hydrogens (tertiary/aromatic N) is 1. The van der Waals surface area contributed by atoms with E-state index in [2.05, 4.69) is 20.3 Å². The van der Waals surface area contributed by atoms with Gasteiger partial charge in [-0.05, 0) is 36.2 Å². The van der Waals surface area contributed by atoms with Gasteiger partial charge in [0.1, 0.15) is 0 Å². The summed E-state index contributed by atoms with van der Waals surface area (Å²) >= 11 is 6.25. The van der Waals surface area contributed by atoms with E-state index in [1.807, 2.05) is 37.3 Å². The topological polar surface area (TPSA) is 91.8 Å². The van der Waals surface area contributed by atoms with Crippen LogP contribution < -0.4 is 15.4 Å². The lowest BCUT2D eigenvalue weighted by atomic mass is 10.1. The van der Waals surface area contributed by atoms with Gasteiger partial charge in [0.2, 0.25) is 10.0 Å². The van der Waals surface area contributed by atoms with Crippen molar-refractivity contribution in [2.75, 3.05) is 27.3 Å². The predicted molar refractivity (Wildman–Crippen MR) is 132 cm³/mol. The monoisotopic (exact) mass is 566 g/mol. The summed E-state index contributed by atoms with van der Waals surface area (Å²) < 4.78 is 32.1. The van der Waals surface area contributed by atoms with E-state index in [9.17, 15) is 8.42 Å². The second-order valence-electron chi connectivity index (χ2n) is 6.35. The first kappa shape index (κ1) is 26.6. The van der Waals surface area contributed by atoms with Crippen LogP contribution in [0.25, 0.3) is 0 Å². The minimum absolute atomic E-state index is 0. The molecule has 0 saturated heterocycles. The molecule has 7 nitrogen and oxygen atoms in total. The summed E-state index contributed by atoms with van der Waals surface area (Å²) in [6, 6.07) is 14.3. The Labute approximate surface area is 200 Å².